The third-order valence-electron chi connectivity index (χ3n) is 3.22. The van der Waals surface area contributed by atoms with Crippen LogP contribution >= 0.6 is 11.6 Å². The fraction of sp³-hybridized carbons (Fsp3) is 0. The molecule has 2 aromatic rings. The van der Waals surface area contributed by atoms with Crippen LogP contribution < -0.4 is 0 Å². The molecule has 3 rings (SSSR count). The number of rotatable bonds is 3. The Kier molecular flexibility index (Phi) is 3.91. The molecule has 0 fully saturated rings. The Bertz CT molecular complexity index is 860. The number of carbonyl (C=O) groups is 1. The lowest BCUT2D eigenvalue weighted by atomic mass is 10.0. The van der Waals surface area contributed by atoms with Gasteiger partial charge in [-0.3, -0.25) is 10.1 Å². The molecule has 0 spiro atoms. The highest BCUT2D eigenvalue weighted by molar-refractivity contribution is 6.34. The average Bonchev–Trinajstić information content (AvgIpc) is 2.90. The van der Waals surface area contributed by atoms with E-state index in [1.807, 2.05) is 30.3 Å². The fourth-order valence-corrected chi connectivity index (χ4v) is 2.32. The quantitative estimate of drug-likeness (QED) is 0.373. The molecule has 0 atom stereocenters. The molecular weight excluding hydrogens is 320 g/mol. The van der Waals surface area contributed by atoms with Gasteiger partial charge in [-0.05, 0) is 17.7 Å². The van der Waals surface area contributed by atoms with E-state index in [0.29, 0.717) is 5.56 Å². The van der Waals surface area contributed by atoms with Gasteiger partial charge in [0, 0.05) is 11.6 Å². The van der Waals surface area contributed by atoms with Crippen molar-refractivity contribution in [3.8, 4) is 0 Å². The predicted octanol–water partition coefficient (Wildman–Crippen LogP) is 3.59. The van der Waals surface area contributed by atoms with Crippen LogP contribution in [0.5, 0.6) is 0 Å². The third-order valence-corrected chi connectivity index (χ3v) is 3.54. The lowest BCUT2D eigenvalue weighted by Gasteiger charge is -2.02. The third kappa shape index (κ3) is 2.97. The lowest BCUT2D eigenvalue weighted by Crippen LogP contribution is -2.07. The zero-order valence-corrected chi connectivity index (χ0v) is 12.4. The van der Waals surface area contributed by atoms with Crippen LogP contribution in [0, 0.1) is 10.1 Å². The van der Waals surface area contributed by atoms with Gasteiger partial charge in [0.2, 0.25) is 0 Å². The fourth-order valence-electron chi connectivity index (χ4n) is 2.13. The molecule has 0 aromatic heterocycles. The summed E-state index contributed by atoms with van der Waals surface area (Å²) < 4.78 is 0. The van der Waals surface area contributed by atoms with Gasteiger partial charge in [0.05, 0.1) is 10.5 Å². The van der Waals surface area contributed by atoms with Gasteiger partial charge in [-0.1, -0.05) is 53.2 Å². The minimum absolute atomic E-state index is 0.0122. The van der Waals surface area contributed by atoms with Crippen LogP contribution in [0.15, 0.2) is 59.3 Å². The Balaban J connectivity index is 2.05. The van der Waals surface area contributed by atoms with Gasteiger partial charge in [-0.25, -0.2) is 4.79 Å². The first-order chi connectivity index (χ1) is 11.1. The van der Waals surface area contributed by atoms with E-state index >= 15 is 0 Å². The van der Waals surface area contributed by atoms with Crippen LogP contribution in [0.2, 0.25) is 5.02 Å². The summed E-state index contributed by atoms with van der Waals surface area (Å²) >= 11 is 5.80. The maximum absolute atomic E-state index is 11.9. The molecule has 0 aliphatic carbocycles. The molecule has 7 heteroatoms. The SMILES string of the molecule is O=C1ON=C(c2ccc(Cl)c([N+](=O)[O-])c2)C1=Cc1ccccc1. The Morgan fingerprint density at radius 2 is 1.91 bits per heavy atom. The highest BCUT2D eigenvalue weighted by Gasteiger charge is 2.28. The molecule has 2 aromatic carbocycles. The second-order valence-electron chi connectivity index (χ2n) is 4.71. The summed E-state index contributed by atoms with van der Waals surface area (Å²) in [6.45, 7) is 0. The van der Waals surface area contributed by atoms with E-state index in [2.05, 4.69) is 5.16 Å². The minimum Gasteiger partial charge on any atom is -0.312 e. The van der Waals surface area contributed by atoms with E-state index in [1.54, 1.807) is 12.1 Å². The molecule has 6 nitrogen and oxygen atoms in total. The van der Waals surface area contributed by atoms with E-state index < -0.39 is 10.9 Å². The lowest BCUT2D eigenvalue weighted by molar-refractivity contribution is -0.384. The van der Waals surface area contributed by atoms with E-state index in [1.165, 1.54) is 12.1 Å². The number of hydrogen-bond donors (Lipinski definition) is 0. The number of nitro benzene ring substituents is 1. The standard InChI is InChI=1S/C16H9ClN2O4/c17-13-7-6-11(9-14(13)19(21)22)15-12(16(20)23-18-15)8-10-4-2-1-3-5-10/h1-9H. The number of hydrogen-bond acceptors (Lipinski definition) is 5. The average molecular weight is 329 g/mol. The van der Waals surface area contributed by atoms with Gasteiger partial charge in [-0.15, -0.1) is 0 Å². The number of oxime groups is 1. The van der Waals surface area contributed by atoms with Gasteiger partial charge in [0.25, 0.3) is 5.69 Å². The van der Waals surface area contributed by atoms with Crippen molar-refractivity contribution in [2.45, 2.75) is 0 Å². The normalized spacial score (nSPS) is 15.4. The predicted molar refractivity (Wildman–Crippen MR) is 85.2 cm³/mol. The van der Waals surface area contributed by atoms with Gasteiger partial charge >= 0.3 is 5.97 Å². The van der Waals surface area contributed by atoms with Crippen molar-refractivity contribution in [1.29, 1.82) is 0 Å². The largest absolute Gasteiger partial charge is 0.368 e. The van der Waals surface area contributed by atoms with Crippen molar-refractivity contribution < 1.29 is 14.6 Å². The minimum atomic E-state index is -0.610. The molecule has 1 heterocycles. The zero-order valence-electron chi connectivity index (χ0n) is 11.6. The van der Waals surface area contributed by atoms with Gasteiger partial charge in [0.15, 0.2) is 0 Å². The molecule has 0 bridgehead atoms. The maximum Gasteiger partial charge on any atom is 0.368 e. The molecule has 114 valence electrons. The van der Waals surface area contributed by atoms with Crippen molar-refractivity contribution in [3.05, 3.63) is 80.4 Å². The Morgan fingerprint density at radius 3 is 2.61 bits per heavy atom. The van der Waals surface area contributed by atoms with Crippen molar-refractivity contribution in [1.82, 2.24) is 0 Å². The molecule has 1 aliphatic heterocycles. The highest BCUT2D eigenvalue weighted by Crippen LogP contribution is 2.28. The van der Waals surface area contributed by atoms with Crippen LogP contribution in [0.1, 0.15) is 11.1 Å². The van der Waals surface area contributed by atoms with Crippen LogP contribution in [0.3, 0.4) is 0 Å². The summed E-state index contributed by atoms with van der Waals surface area (Å²) in [5.74, 6) is -0.610. The summed E-state index contributed by atoms with van der Waals surface area (Å²) in [6.07, 6.45) is 1.62. The molecule has 0 unspecified atom stereocenters. The van der Waals surface area contributed by atoms with E-state index in [0.717, 1.165) is 5.56 Å². The monoisotopic (exact) mass is 328 g/mol. The Morgan fingerprint density at radius 1 is 1.17 bits per heavy atom. The smallest absolute Gasteiger partial charge is 0.312 e. The van der Waals surface area contributed by atoms with Crippen molar-refractivity contribution >= 4 is 35.0 Å². The first-order valence-electron chi connectivity index (χ1n) is 6.57. The first kappa shape index (κ1) is 14.9. The molecule has 0 saturated heterocycles. The molecule has 0 N–H and O–H groups in total. The number of benzene rings is 2. The van der Waals surface area contributed by atoms with Crippen molar-refractivity contribution in [2.75, 3.05) is 0 Å². The van der Waals surface area contributed by atoms with E-state index in [-0.39, 0.29) is 22.0 Å². The topological polar surface area (TPSA) is 81.8 Å². The molecule has 0 radical (unpaired) electrons. The summed E-state index contributed by atoms with van der Waals surface area (Å²) in [4.78, 5) is 27.0. The Labute approximate surface area is 135 Å². The summed E-state index contributed by atoms with van der Waals surface area (Å²) in [5, 5.41) is 14.7. The number of nitro groups is 1. The molecule has 1 aliphatic rings. The summed E-state index contributed by atoms with van der Waals surface area (Å²) in [7, 11) is 0. The van der Waals surface area contributed by atoms with Gasteiger partial charge in [-0.2, -0.15) is 0 Å². The van der Waals surface area contributed by atoms with Crippen molar-refractivity contribution in [3.63, 3.8) is 0 Å². The second-order valence-corrected chi connectivity index (χ2v) is 5.12. The zero-order chi connectivity index (χ0) is 16.4. The maximum atomic E-state index is 11.9. The van der Waals surface area contributed by atoms with E-state index in [4.69, 9.17) is 16.4 Å². The summed E-state index contributed by atoms with van der Waals surface area (Å²) in [5.41, 5.74) is 1.38. The number of halogens is 1. The second kappa shape index (κ2) is 6.02. The van der Waals surface area contributed by atoms with Gasteiger partial charge in [0.1, 0.15) is 10.7 Å². The molecule has 0 saturated carbocycles. The Hall–Kier alpha value is -2.99. The van der Waals surface area contributed by atoms with Crippen LogP contribution in [0.25, 0.3) is 6.08 Å². The molecular formula is C16H9ClN2O4. The van der Waals surface area contributed by atoms with Crippen LogP contribution in [0.4, 0.5) is 5.69 Å². The molecule has 0 amide bonds. The van der Waals surface area contributed by atoms with Crippen molar-refractivity contribution in [2.24, 2.45) is 5.16 Å². The molecule has 23 heavy (non-hydrogen) atoms. The highest BCUT2D eigenvalue weighted by atomic mass is 35.5. The number of nitrogens with zero attached hydrogens (tertiary/aromatic N) is 2. The van der Waals surface area contributed by atoms with Gasteiger partial charge < -0.3 is 4.84 Å². The number of carbonyl (C=O) groups excluding carboxylic acids is 1. The summed E-state index contributed by atoms with van der Waals surface area (Å²) in [6, 6.07) is 13.4. The van der Waals surface area contributed by atoms with Crippen LogP contribution in [-0.2, 0) is 9.63 Å². The van der Waals surface area contributed by atoms with E-state index in [9.17, 15) is 14.9 Å². The first-order valence-corrected chi connectivity index (χ1v) is 6.95. The van der Waals surface area contributed by atoms with Crippen LogP contribution in [-0.4, -0.2) is 16.6 Å².